The fraction of sp³-hybridized carbons (Fsp3) is 0.667. The van der Waals surface area contributed by atoms with Crippen LogP contribution in [0.25, 0.3) is 0 Å². The molecule has 2 amide bonds. The van der Waals surface area contributed by atoms with Crippen LogP contribution >= 0.6 is 0 Å². The standard InChI is InChI=1S/C18H32N2O3/c1-7-9-15(21)19-13-11-18(5,6)23-14-12-17(3,4)20-16(22)10-8-2/h7-10H,11-14H2,1-6H3,(H,19,21)(H,20,22)/b9-7+,10-8+. The van der Waals surface area contributed by atoms with Crippen molar-refractivity contribution in [3.8, 4) is 0 Å². The molecule has 0 atom stereocenters. The molecule has 0 saturated carbocycles. The van der Waals surface area contributed by atoms with Gasteiger partial charge in [0.15, 0.2) is 0 Å². The molecule has 0 fully saturated rings. The fourth-order valence-corrected chi connectivity index (χ4v) is 1.94. The van der Waals surface area contributed by atoms with Crippen LogP contribution in [0.4, 0.5) is 0 Å². The average Bonchev–Trinajstić information content (AvgIpc) is 2.37. The summed E-state index contributed by atoms with van der Waals surface area (Å²) < 4.78 is 5.91. The number of hydrogen-bond donors (Lipinski definition) is 2. The van der Waals surface area contributed by atoms with E-state index in [2.05, 4.69) is 10.6 Å². The van der Waals surface area contributed by atoms with E-state index in [9.17, 15) is 9.59 Å². The molecule has 5 nitrogen and oxygen atoms in total. The highest BCUT2D eigenvalue weighted by Gasteiger charge is 2.23. The molecule has 0 aromatic rings. The van der Waals surface area contributed by atoms with Gasteiger partial charge in [-0.15, -0.1) is 0 Å². The number of carbonyl (C=O) groups is 2. The maximum Gasteiger partial charge on any atom is 0.244 e. The Labute approximate surface area is 140 Å². The van der Waals surface area contributed by atoms with E-state index in [0.29, 0.717) is 19.6 Å². The Morgan fingerprint density at radius 3 is 2.09 bits per heavy atom. The Bertz CT molecular complexity index is 438. The van der Waals surface area contributed by atoms with Gasteiger partial charge in [0.05, 0.1) is 5.60 Å². The van der Waals surface area contributed by atoms with E-state index in [1.54, 1.807) is 12.2 Å². The van der Waals surface area contributed by atoms with Crippen LogP contribution in [0.3, 0.4) is 0 Å². The van der Waals surface area contributed by atoms with Gasteiger partial charge in [0.2, 0.25) is 11.8 Å². The molecule has 0 aliphatic heterocycles. The third-order valence-corrected chi connectivity index (χ3v) is 3.34. The molecule has 0 aromatic carbocycles. The van der Waals surface area contributed by atoms with Gasteiger partial charge in [-0.25, -0.2) is 0 Å². The van der Waals surface area contributed by atoms with Gasteiger partial charge in [-0.2, -0.15) is 0 Å². The van der Waals surface area contributed by atoms with E-state index >= 15 is 0 Å². The van der Waals surface area contributed by atoms with Crippen LogP contribution in [0.15, 0.2) is 24.3 Å². The van der Waals surface area contributed by atoms with Gasteiger partial charge in [-0.1, -0.05) is 12.2 Å². The predicted octanol–water partition coefficient (Wildman–Crippen LogP) is 2.73. The summed E-state index contributed by atoms with van der Waals surface area (Å²) in [4.78, 5) is 22.9. The summed E-state index contributed by atoms with van der Waals surface area (Å²) in [6, 6.07) is 0. The lowest BCUT2D eigenvalue weighted by Crippen LogP contribution is -2.44. The molecule has 0 spiro atoms. The number of carbonyl (C=O) groups excluding carboxylic acids is 2. The number of amides is 2. The number of nitrogens with one attached hydrogen (secondary N) is 2. The van der Waals surface area contributed by atoms with Crippen LogP contribution < -0.4 is 10.6 Å². The number of hydrogen-bond acceptors (Lipinski definition) is 3. The third kappa shape index (κ3) is 11.6. The quantitative estimate of drug-likeness (QED) is 0.607. The van der Waals surface area contributed by atoms with Crippen molar-refractivity contribution in [2.75, 3.05) is 13.2 Å². The maximum absolute atomic E-state index is 11.6. The van der Waals surface area contributed by atoms with Crippen molar-refractivity contribution in [2.45, 2.75) is 65.5 Å². The maximum atomic E-state index is 11.6. The van der Waals surface area contributed by atoms with E-state index in [1.807, 2.05) is 41.5 Å². The Morgan fingerprint density at radius 1 is 0.957 bits per heavy atom. The van der Waals surface area contributed by atoms with Crippen molar-refractivity contribution in [2.24, 2.45) is 0 Å². The van der Waals surface area contributed by atoms with Gasteiger partial charge in [0, 0.05) is 18.7 Å². The predicted molar refractivity (Wildman–Crippen MR) is 94.1 cm³/mol. The molecule has 0 aliphatic carbocycles. The highest BCUT2D eigenvalue weighted by atomic mass is 16.5. The van der Waals surface area contributed by atoms with Crippen molar-refractivity contribution in [3.05, 3.63) is 24.3 Å². The molecular weight excluding hydrogens is 292 g/mol. The summed E-state index contributed by atoms with van der Waals surface area (Å²) in [6.07, 6.45) is 7.88. The van der Waals surface area contributed by atoms with Crippen LogP contribution in [0.1, 0.15) is 54.4 Å². The normalized spacial score (nSPS) is 12.8. The number of ether oxygens (including phenoxy) is 1. The molecular formula is C18H32N2O3. The average molecular weight is 324 g/mol. The van der Waals surface area contributed by atoms with Gasteiger partial charge in [0.1, 0.15) is 0 Å². The van der Waals surface area contributed by atoms with E-state index in [0.717, 1.165) is 6.42 Å². The van der Waals surface area contributed by atoms with Gasteiger partial charge >= 0.3 is 0 Å². The van der Waals surface area contributed by atoms with Gasteiger partial charge < -0.3 is 15.4 Å². The zero-order chi connectivity index (χ0) is 17.9. The summed E-state index contributed by atoms with van der Waals surface area (Å²) in [6.45, 7) is 12.7. The van der Waals surface area contributed by atoms with Crippen molar-refractivity contribution in [1.82, 2.24) is 10.6 Å². The number of rotatable bonds is 10. The molecule has 0 aromatic heterocycles. The minimum atomic E-state index is -0.327. The topological polar surface area (TPSA) is 67.4 Å². The molecule has 0 bridgehead atoms. The number of allylic oxidation sites excluding steroid dienone is 2. The molecule has 132 valence electrons. The Hall–Kier alpha value is -1.62. The minimum absolute atomic E-state index is 0.0869. The monoisotopic (exact) mass is 324 g/mol. The first kappa shape index (κ1) is 21.4. The molecule has 0 radical (unpaired) electrons. The van der Waals surface area contributed by atoms with E-state index in [1.165, 1.54) is 12.2 Å². The zero-order valence-electron chi connectivity index (χ0n) is 15.4. The van der Waals surface area contributed by atoms with Crippen molar-refractivity contribution in [3.63, 3.8) is 0 Å². The zero-order valence-corrected chi connectivity index (χ0v) is 15.4. The lowest BCUT2D eigenvalue weighted by Gasteiger charge is -2.30. The first-order valence-electron chi connectivity index (χ1n) is 8.11. The molecule has 0 rings (SSSR count). The second-order valence-electron chi connectivity index (χ2n) is 6.77. The summed E-state index contributed by atoms with van der Waals surface area (Å²) in [7, 11) is 0. The van der Waals surface area contributed by atoms with Gasteiger partial charge in [0.25, 0.3) is 0 Å². The second kappa shape index (κ2) is 10.2. The Morgan fingerprint density at radius 2 is 1.52 bits per heavy atom. The van der Waals surface area contributed by atoms with E-state index in [-0.39, 0.29) is 23.0 Å². The van der Waals surface area contributed by atoms with Crippen LogP contribution in [0, 0.1) is 0 Å². The molecule has 0 unspecified atom stereocenters. The van der Waals surface area contributed by atoms with E-state index < -0.39 is 0 Å². The highest BCUT2D eigenvalue weighted by Crippen LogP contribution is 2.17. The molecule has 23 heavy (non-hydrogen) atoms. The first-order valence-corrected chi connectivity index (χ1v) is 8.11. The van der Waals surface area contributed by atoms with Crippen LogP contribution in [-0.2, 0) is 14.3 Å². The first-order chi connectivity index (χ1) is 10.6. The SMILES string of the molecule is C/C=C/C(=O)NCCC(C)(C)OCCC(C)(C)NC(=O)/C=C/C. The smallest absolute Gasteiger partial charge is 0.244 e. The highest BCUT2D eigenvalue weighted by molar-refractivity contribution is 5.88. The molecule has 0 saturated heterocycles. The lowest BCUT2D eigenvalue weighted by atomic mass is 10.0. The molecule has 0 aliphatic rings. The van der Waals surface area contributed by atoms with Crippen LogP contribution in [0.2, 0.25) is 0 Å². The summed E-state index contributed by atoms with van der Waals surface area (Å²) in [5, 5.41) is 5.76. The van der Waals surface area contributed by atoms with Crippen LogP contribution in [0.5, 0.6) is 0 Å². The van der Waals surface area contributed by atoms with Crippen molar-refractivity contribution >= 4 is 11.8 Å². The Balaban J connectivity index is 4.12. The largest absolute Gasteiger partial charge is 0.375 e. The van der Waals surface area contributed by atoms with E-state index in [4.69, 9.17) is 4.74 Å². The lowest BCUT2D eigenvalue weighted by molar-refractivity contribution is -0.118. The summed E-state index contributed by atoms with van der Waals surface area (Å²) in [5.74, 6) is -0.181. The van der Waals surface area contributed by atoms with Crippen molar-refractivity contribution < 1.29 is 14.3 Å². The molecule has 0 heterocycles. The van der Waals surface area contributed by atoms with Crippen LogP contribution in [-0.4, -0.2) is 36.1 Å². The minimum Gasteiger partial charge on any atom is -0.375 e. The third-order valence-electron chi connectivity index (χ3n) is 3.34. The Kier molecular flexibility index (Phi) is 9.49. The van der Waals surface area contributed by atoms with Crippen molar-refractivity contribution in [1.29, 1.82) is 0 Å². The second-order valence-corrected chi connectivity index (χ2v) is 6.77. The fourth-order valence-electron chi connectivity index (χ4n) is 1.94. The molecule has 5 heteroatoms. The molecule has 2 N–H and O–H groups in total. The van der Waals surface area contributed by atoms with Gasteiger partial charge in [-0.3, -0.25) is 9.59 Å². The van der Waals surface area contributed by atoms with Gasteiger partial charge in [-0.05, 0) is 66.5 Å². The summed E-state index contributed by atoms with van der Waals surface area (Å²) in [5.41, 5.74) is -0.653. The summed E-state index contributed by atoms with van der Waals surface area (Å²) >= 11 is 0.